The quantitative estimate of drug-likeness (QED) is 0.746. The molecule has 1 aromatic carbocycles. The molecule has 1 atom stereocenters. The largest absolute Gasteiger partial charge is 0.244 e. The minimum atomic E-state index is 0.359. The molecule has 1 unspecified atom stereocenters. The number of nitrogens with zero attached hydrogens (tertiary/aromatic N) is 2. The molecule has 76 valence electrons. The van der Waals surface area contributed by atoms with Crippen LogP contribution in [0.3, 0.4) is 0 Å². The van der Waals surface area contributed by atoms with Crippen LogP contribution in [0.1, 0.15) is 6.92 Å². The van der Waals surface area contributed by atoms with Gasteiger partial charge in [0.25, 0.3) is 0 Å². The zero-order valence-corrected chi connectivity index (χ0v) is 9.94. The number of rotatable bonds is 1. The fourth-order valence-electron chi connectivity index (χ4n) is 1.36. The van der Waals surface area contributed by atoms with E-state index in [1.165, 1.54) is 16.7 Å². The number of nitriles is 1. The van der Waals surface area contributed by atoms with Crippen LogP contribution in [0.25, 0.3) is 0 Å². The highest BCUT2D eigenvalue weighted by Gasteiger charge is 2.19. The van der Waals surface area contributed by atoms with Gasteiger partial charge >= 0.3 is 0 Å². The molecule has 1 aliphatic rings. The Morgan fingerprint density at radius 1 is 1.53 bits per heavy atom. The zero-order chi connectivity index (χ0) is 10.7. The van der Waals surface area contributed by atoms with Gasteiger partial charge in [0.15, 0.2) is 0 Å². The average Bonchev–Trinajstić information content (AvgIpc) is 2.26. The molecule has 0 N–H and O–H groups in total. The van der Waals surface area contributed by atoms with Gasteiger partial charge in [0.2, 0.25) is 0 Å². The summed E-state index contributed by atoms with van der Waals surface area (Å²) < 4.78 is 0. The molecule has 2 rings (SSSR count). The van der Waals surface area contributed by atoms with Crippen molar-refractivity contribution in [2.24, 2.45) is 4.99 Å². The molecular weight excluding hydrogens is 224 g/mol. The van der Waals surface area contributed by atoms with Crippen LogP contribution < -0.4 is 0 Å². The molecule has 0 bridgehead atoms. The number of benzene rings is 1. The lowest BCUT2D eigenvalue weighted by Crippen LogP contribution is -2.12. The van der Waals surface area contributed by atoms with E-state index in [1.807, 2.05) is 30.0 Å². The van der Waals surface area contributed by atoms with Gasteiger partial charge in [-0.1, -0.05) is 23.9 Å². The molecule has 2 nitrogen and oxygen atoms in total. The number of hydrogen-bond donors (Lipinski definition) is 0. The summed E-state index contributed by atoms with van der Waals surface area (Å²) in [6.45, 7) is 2.13. The van der Waals surface area contributed by atoms with E-state index < -0.39 is 0 Å². The highest BCUT2D eigenvalue weighted by molar-refractivity contribution is 8.16. The Kier molecular flexibility index (Phi) is 3.34. The van der Waals surface area contributed by atoms with Crippen LogP contribution in [0, 0.1) is 11.3 Å². The van der Waals surface area contributed by atoms with Gasteiger partial charge in [0, 0.05) is 4.90 Å². The van der Waals surface area contributed by atoms with Crippen molar-refractivity contribution in [3.63, 3.8) is 0 Å². The van der Waals surface area contributed by atoms with E-state index >= 15 is 0 Å². The highest BCUT2D eigenvalue weighted by Crippen LogP contribution is 2.39. The fourth-order valence-corrected chi connectivity index (χ4v) is 3.24. The van der Waals surface area contributed by atoms with E-state index in [-0.39, 0.29) is 0 Å². The topological polar surface area (TPSA) is 36.1 Å². The highest BCUT2D eigenvalue weighted by atomic mass is 32.2. The number of thioether (sulfide) groups is 2. The van der Waals surface area contributed by atoms with Crippen molar-refractivity contribution in [1.82, 2.24) is 0 Å². The summed E-state index contributed by atoms with van der Waals surface area (Å²) in [5.41, 5.74) is 1.03. The van der Waals surface area contributed by atoms with E-state index in [0.29, 0.717) is 11.0 Å². The second-order valence-corrected chi connectivity index (χ2v) is 5.50. The first-order chi connectivity index (χ1) is 7.31. The zero-order valence-electron chi connectivity index (χ0n) is 8.30. The lowest BCUT2D eigenvalue weighted by molar-refractivity contribution is 1.25. The minimum Gasteiger partial charge on any atom is -0.244 e. The molecule has 0 aromatic heterocycles. The molecule has 15 heavy (non-hydrogen) atoms. The summed E-state index contributed by atoms with van der Waals surface area (Å²) in [6.07, 6.45) is 0. The predicted molar refractivity (Wildman–Crippen MR) is 66.9 cm³/mol. The van der Waals surface area contributed by atoms with Crippen LogP contribution in [0.4, 0.5) is 5.69 Å². The van der Waals surface area contributed by atoms with E-state index in [0.717, 1.165) is 10.7 Å². The number of hydrogen-bond acceptors (Lipinski definition) is 4. The number of fused-ring (bicyclic) bond motifs is 1. The average molecular weight is 234 g/mol. The van der Waals surface area contributed by atoms with Crippen molar-refractivity contribution in [2.75, 3.05) is 5.75 Å². The van der Waals surface area contributed by atoms with Crippen molar-refractivity contribution in [3.8, 4) is 6.07 Å². The molecule has 0 saturated heterocycles. The summed E-state index contributed by atoms with van der Waals surface area (Å²) in [5.74, 6) is 0.478. The van der Waals surface area contributed by atoms with Crippen molar-refractivity contribution in [1.29, 1.82) is 5.26 Å². The smallest absolute Gasteiger partial charge is 0.0880 e. The number of para-hydroxylation sites is 1. The van der Waals surface area contributed by atoms with Gasteiger partial charge < -0.3 is 0 Å². The monoisotopic (exact) mass is 234 g/mol. The molecular formula is C11H10N2S2. The summed E-state index contributed by atoms with van der Waals surface area (Å²) >= 11 is 3.35. The number of aliphatic imine (C=N–C) groups is 1. The van der Waals surface area contributed by atoms with Crippen molar-refractivity contribution in [2.45, 2.75) is 17.1 Å². The maximum absolute atomic E-state index is 8.55. The fraction of sp³-hybridized carbons (Fsp3) is 0.273. The van der Waals surface area contributed by atoms with Crippen LogP contribution in [-0.2, 0) is 0 Å². The van der Waals surface area contributed by atoms with Crippen LogP contribution in [0.2, 0.25) is 0 Å². The summed E-state index contributed by atoms with van der Waals surface area (Å²) in [4.78, 5) is 5.80. The van der Waals surface area contributed by atoms with E-state index in [4.69, 9.17) is 5.26 Å². The molecule has 0 aliphatic carbocycles. The molecule has 1 aliphatic heterocycles. The Morgan fingerprint density at radius 3 is 3.13 bits per heavy atom. The van der Waals surface area contributed by atoms with Gasteiger partial charge in [-0.05, 0) is 19.1 Å². The Hall–Kier alpha value is -0.920. The molecule has 0 saturated carbocycles. The maximum atomic E-state index is 8.55. The Morgan fingerprint density at radius 2 is 2.33 bits per heavy atom. The first kappa shape index (κ1) is 10.6. The van der Waals surface area contributed by atoms with Gasteiger partial charge in [-0.15, -0.1) is 11.8 Å². The molecule has 1 aromatic rings. The third kappa shape index (κ3) is 2.36. The molecule has 0 radical (unpaired) electrons. The molecule has 1 heterocycles. The minimum absolute atomic E-state index is 0.359. The van der Waals surface area contributed by atoms with E-state index in [2.05, 4.69) is 24.1 Å². The second-order valence-electron chi connectivity index (χ2n) is 3.12. The Bertz CT molecular complexity index is 434. The lowest BCUT2D eigenvalue weighted by atomic mass is 10.3. The van der Waals surface area contributed by atoms with E-state index in [9.17, 15) is 0 Å². The van der Waals surface area contributed by atoms with Crippen LogP contribution in [-0.4, -0.2) is 16.0 Å². The molecule has 0 amide bonds. The molecule has 0 fully saturated rings. The Labute approximate surface area is 97.8 Å². The maximum Gasteiger partial charge on any atom is 0.0880 e. The van der Waals surface area contributed by atoms with Crippen molar-refractivity contribution in [3.05, 3.63) is 24.3 Å². The van der Waals surface area contributed by atoms with Crippen molar-refractivity contribution >= 4 is 34.3 Å². The van der Waals surface area contributed by atoms with E-state index in [1.54, 1.807) is 0 Å². The molecule has 0 spiro atoms. The Balaban J connectivity index is 2.27. The summed E-state index contributed by atoms with van der Waals surface area (Å²) in [5, 5.41) is 9.96. The summed E-state index contributed by atoms with van der Waals surface area (Å²) in [6, 6.07) is 10.3. The second kappa shape index (κ2) is 4.73. The van der Waals surface area contributed by atoms with Crippen LogP contribution in [0.5, 0.6) is 0 Å². The SMILES string of the molecule is CC1Sc2ccccc2N=C1SCC#N. The normalized spacial score (nSPS) is 18.9. The summed E-state index contributed by atoms with van der Waals surface area (Å²) in [7, 11) is 0. The van der Waals surface area contributed by atoms with Gasteiger partial charge in [0.05, 0.1) is 27.8 Å². The third-order valence-electron chi connectivity index (χ3n) is 2.03. The van der Waals surface area contributed by atoms with Gasteiger partial charge in [-0.2, -0.15) is 5.26 Å². The van der Waals surface area contributed by atoms with Crippen LogP contribution in [0.15, 0.2) is 34.2 Å². The van der Waals surface area contributed by atoms with Crippen molar-refractivity contribution < 1.29 is 0 Å². The standard InChI is InChI=1S/C11H10N2S2/c1-8-11(14-7-6-12)13-9-4-2-3-5-10(9)15-8/h2-5,8H,7H2,1H3. The van der Waals surface area contributed by atoms with Gasteiger partial charge in [-0.3, -0.25) is 0 Å². The van der Waals surface area contributed by atoms with Gasteiger partial charge in [-0.25, -0.2) is 4.99 Å². The first-order valence-electron chi connectivity index (χ1n) is 4.65. The van der Waals surface area contributed by atoms with Crippen LogP contribution >= 0.6 is 23.5 Å². The third-order valence-corrected chi connectivity index (χ3v) is 4.37. The lowest BCUT2D eigenvalue weighted by Gasteiger charge is -2.19. The van der Waals surface area contributed by atoms with Gasteiger partial charge in [0.1, 0.15) is 0 Å². The first-order valence-corrected chi connectivity index (χ1v) is 6.52. The predicted octanol–water partition coefficient (Wildman–Crippen LogP) is 3.47. The molecule has 4 heteroatoms.